The molecule has 0 aromatic rings. The van der Waals surface area contributed by atoms with Crippen molar-refractivity contribution in [2.75, 3.05) is 33.8 Å². The second kappa shape index (κ2) is 5.15. The Hall–Kier alpha value is -0.610. The van der Waals surface area contributed by atoms with E-state index in [1.54, 1.807) is 19.0 Å². The lowest BCUT2D eigenvalue weighted by Gasteiger charge is -2.33. The highest BCUT2D eigenvalue weighted by Gasteiger charge is 2.37. The summed E-state index contributed by atoms with van der Waals surface area (Å²) in [5, 5.41) is 3.43. The van der Waals surface area contributed by atoms with Gasteiger partial charge >= 0.3 is 0 Å². The number of carbonyl (C=O) groups excluding carboxylic acids is 1. The topological polar surface area (TPSA) is 41.6 Å². The van der Waals surface area contributed by atoms with Crippen LogP contribution in [-0.2, 0) is 9.53 Å². The van der Waals surface area contributed by atoms with Crippen molar-refractivity contribution < 1.29 is 9.53 Å². The van der Waals surface area contributed by atoms with Gasteiger partial charge in [0.05, 0.1) is 6.10 Å². The lowest BCUT2D eigenvalue weighted by molar-refractivity contribution is -0.138. The third kappa shape index (κ3) is 2.55. The predicted molar refractivity (Wildman–Crippen MR) is 62.1 cm³/mol. The molecular formula is C12H22N2O2. The fourth-order valence-electron chi connectivity index (χ4n) is 2.81. The van der Waals surface area contributed by atoms with E-state index in [0.29, 0.717) is 5.92 Å². The van der Waals surface area contributed by atoms with Gasteiger partial charge in [0.2, 0.25) is 5.91 Å². The van der Waals surface area contributed by atoms with Gasteiger partial charge in [0, 0.05) is 26.6 Å². The average molecular weight is 226 g/mol. The van der Waals surface area contributed by atoms with Gasteiger partial charge in [-0.05, 0) is 25.3 Å². The van der Waals surface area contributed by atoms with Crippen LogP contribution in [0, 0.1) is 11.8 Å². The van der Waals surface area contributed by atoms with E-state index in [1.807, 2.05) is 0 Å². The van der Waals surface area contributed by atoms with Crippen molar-refractivity contribution in [3.05, 3.63) is 0 Å². The molecule has 1 aliphatic heterocycles. The Morgan fingerprint density at radius 3 is 2.94 bits per heavy atom. The van der Waals surface area contributed by atoms with E-state index in [1.165, 1.54) is 12.8 Å². The number of hydrogen-bond donors (Lipinski definition) is 1. The van der Waals surface area contributed by atoms with E-state index in [4.69, 9.17) is 4.74 Å². The molecule has 4 heteroatoms. The molecule has 16 heavy (non-hydrogen) atoms. The minimum atomic E-state index is 0.0630. The number of amides is 1. The minimum absolute atomic E-state index is 0.0630. The van der Waals surface area contributed by atoms with Crippen LogP contribution in [0.1, 0.15) is 19.3 Å². The highest BCUT2D eigenvalue weighted by molar-refractivity contribution is 5.76. The summed E-state index contributed by atoms with van der Waals surface area (Å²) >= 11 is 0. The third-order valence-corrected chi connectivity index (χ3v) is 3.85. The molecule has 0 aromatic heterocycles. The molecule has 1 amide bonds. The summed E-state index contributed by atoms with van der Waals surface area (Å²) in [7, 11) is 3.54. The van der Waals surface area contributed by atoms with Crippen LogP contribution < -0.4 is 5.32 Å². The van der Waals surface area contributed by atoms with E-state index in [0.717, 1.165) is 25.4 Å². The molecule has 0 aromatic carbocycles. The minimum Gasteiger partial charge on any atom is -0.368 e. The van der Waals surface area contributed by atoms with Crippen LogP contribution in [0.3, 0.4) is 0 Å². The SMILES string of the molecule is CN(C)C(=O)CO[C@@H]1CCC[C@@H]2CNC[C@@H]21. The molecule has 0 radical (unpaired) electrons. The lowest BCUT2D eigenvalue weighted by atomic mass is 9.79. The summed E-state index contributed by atoms with van der Waals surface area (Å²) in [4.78, 5) is 13.1. The fourth-order valence-corrected chi connectivity index (χ4v) is 2.81. The van der Waals surface area contributed by atoms with E-state index in [9.17, 15) is 4.79 Å². The maximum absolute atomic E-state index is 11.5. The van der Waals surface area contributed by atoms with Crippen LogP contribution in [0.5, 0.6) is 0 Å². The number of hydrogen-bond acceptors (Lipinski definition) is 3. The van der Waals surface area contributed by atoms with Crippen molar-refractivity contribution in [2.24, 2.45) is 11.8 Å². The summed E-state index contributed by atoms with van der Waals surface area (Å²) in [5.41, 5.74) is 0. The molecule has 1 saturated heterocycles. The van der Waals surface area contributed by atoms with Gasteiger partial charge in [-0.1, -0.05) is 6.42 Å². The highest BCUT2D eigenvalue weighted by atomic mass is 16.5. The summed E-state index contributed by atoms with van der Waals surface area (Å²) in [6, 6.07) is 0. The number of nitrogens with zero attached hydrogens (tertiary/aromatic N) is 1. The van der Waals surface area contributed by atoms with Crippen LogP contribution in [0.25, 0.3) is 0 Å². The standard InChI is InChI=1S/C12H22N2O2/c1-14(2)12(15)8-16-11-5-3-4-9-6-13-7-10(9)11/h9-11,13H,3-8H2,1-2H3/t9-,10+,11-/m1/s1. The summed E-state index contributed by atoms with van der Waals surface area (Å²) in [6.07, 6.45) is 3.96. The second-order valence-corrected chi connectivity index (χ2v) is 5.15. The molecule has 0 unspecified atom stereocenters. The molecule has 1 N–H and O–H groups in total. The number of likely N-dealkylation sites (N-methyl/N-ethyl adjacent to an activating group) is 1. The van der Waals surface area contributed by atoms with Gasteiger partial charge < -0.3 is 15.0 Å². The molecule has 0 bridgehead atoms. The predicted octanol–water partition coefficient (Wildman–Crippen LogP) is 0.479. The Morgan fingerprint density at radius 1 is 1.38 bits per heavy atom. The fraction of sp³-hybridized carbons (Fsp3) is 0.917. The van der Waals surface area contributed by atoms with Crippen molar-refractivity contribution in [1.82, 2.24) is 10.2 Å². The van der Waals surface area contributed by atoms with Crippen LogP contribution >= 0.6 is 0 Å². The molecule has 92 valence electrons. The molecule has 1 heterocycles. The van der Waals surface area contributed by atoms with Crippen molar-refractivity contribution in [1.29, 1.82) is 0 Å². The maximum atomic E-state index is 11.5. The first kappa shape index (κ1) is 11.9. The Bertz CT molecular complexity index is 255. The van der Waals surface area contributed by atoms with E-state index in [-0.39, 0.29) is 18.6 Å². The number of rotatable bonds is 3. The normalized spacial score (nSPS) is 33.5. The van der Waals surface area contributed by atoms with Crippen molar-refractivity contribution in [3.8, 4) is 0 Å². The quantitative estimate of drug-likeness (QED) is 0.761. The van der Waals surface area contributed by atoms with Gasteiger partial charge in [0.1, 0.15) is 6.61 Å². The largest absolute Gasteiger partial charge is 0.368 e. The van der Waals surface area contributed by atoms with Gasteiger partial charge in [0.25, 0.3) is 0 Å². The van der Waals surface area contributed by atoms with Crippen LogP contribution in [0.4, 0.5) is 0 Å². The highest BCUT2D eigenvalue weighted by Crippen LogP contribution is 2.34. The average Bonchev–Trinajstić information content (AvgIpc) is 2.73. The van der Waals surface area contributed by atoms with E-state index in [2.05, 4.69) is 5.32 Å². The van der Waals surface area contributed by atoms with Crippen molar-refractivity contribution in [2.45, 2.75) is 25.4 Å². The van der Waals surface area contributed by atoms with Crippen LogP contribution in [-0.4, -0.2) is 50.7 Å². The summed E-state index contributed by atoms with van der Waals surface area (Å²) in [5.74, 6) is 1.46. The van der Waals surface area contributed by atoms with Gasteiger partial charge in [-0.3, -0.25) is 4.79 Å². The molecule has 4 nitrogen and oxygen atoms in total. The monoisotopic (exact) mass is 226 g/mol. The van der Waals surface area contributed by atoms with Gasteiger partial charge in [-0.2, -0.15) is 0 Å². The maximum Gasteiger partial charge on any atom is 0.248 e. The number of fused-ring (bicyclic) bond motifs is 1. The molecule has 2 fully saturated rings. The first-order valence-corrected chi connectivity index (χ1v) is 6.21. The summed E-state index contributed by atoms with van der Waals surface area (Å²) in [6.45, 7) is 2.43. The summed E-state index contributed by atoms with van der Waals surface area (Å²) < 4.78 is 5.79. The zero-order chi connectivity index (χ0) is 11.5. The number of ether oxygens (including phenoxy) is 1. The second-order valence-electron chi connectivity index (χ2n) is 5.15. The Balaban J connectivity index is 1.82. The Kier molecular flexibility index (Phi) is 3.82. The zero-order valence-electron chi connectivity index (χ0n) is 10.2. The first-order valence-electron chi connectivity index (χ1n) is 6.21. The molecule has 0 spiro atoms. The molecule has 2 aliphatic rings. The zero-order valence-corrected chi connectivity index (χ0v) is 10.2. The molecule has 1 saturated carbocycles. The first-order chi connectivity index (χ1) is 7.68. The number of carbonyl (C=O) groups is 1. The van der Waals surface area contributed by atoms with Crippen molar-refractivity contribution >= 4 is 5.91 Å². The van der Waals surface area contributed by atoms with Crippen LogP contribution in [0.2, 0.25) is 0 Å². The van der Waals surface area contributed by atoms with E-state index >= 15 is 0 Å². The molecular weight excluding hydrogens is 204 g/mol. The van der Waals surface area contributed by atoms with Gasteiger partial charge in [-0.15, -0.1) is 0 Å². The smallest absolute Gasteiger partial charge is 0.248 e. The molecule has 2 rings (SSSR count). The lowest BCUT2D eigenvalue weighted by Crippen LogP contribution is -2.37. The van der Waals surface area contributed by atoms with Crippen LogP contribution in [0.15, 0.2) is 0 Å². The Labute approximate surface area is 97.3 Å². The molecule has 3 atom stereocenters. The van der Waals surface area contributed by atoms with Crippen molar-refractivity contribution in [3.63, 3.8) is 0 Å². The third-order valence-electron chi connectivity index (χ3n) is 3.85. The van der Waals surface area contributed by atoms with E-state index < -0.39 is 0 Å². The van der Waals surface area contributed by atoms with Gasteiger partial charge in [-0.25, -0.2) is 0 Å². The Morgan fingerprint density at radius 2 is 2.19 bits per heavy atom. The molecule has 1 aliphatic carbocycles. The number of nitrogens with one attached hydrogen (secondary N) is 1. The van der Waals surface area contributed by atoms with Gasteiger partial charge in [0.15, 0.2) is 0 Å².